The maximum absolute atomic E-state index is 12.7. The maximum Gasteiger partial charge on any atom is 0.163 e. The van der Waals surface area contributed by atoms with Crippen LogP contribution in [-0.2, 0) is 27.5 Å². The molecule has 0 saturated heterocycles. The van der Waals surface area contributed by atoms with Gasteiger partial charge in [0, 0.05) is 6.54 Å². The Kier molecular flexibility index (Phi) is 15.6. The molecule has 0 fully saturated rings. The molecule has 0 aliphatic heterocycles. The first-order valence-electron chi connectivity index (χ1n) is 16.3. The smallest absolute Gasteiger partial charge is 0.163 e. The summed E-state index contributed by atoms with van der Waals surface area (Å²) in [4.78, 5) is 25.4. The minimum absolute atomic E-state index is 0.272. The van der Waals surface area contributed by atoms with Crippen LogP contribution in [0.3, 0.4) is 0 Å². The molecule has 0 atom stereocenters. The van der Waals surface area contributed by atoms with Gasteiger partial charge in [0.25, 0.3) is 0 Å². The van der Waals surface area contributed by atoms with Crippen LogP contribution in [0, 0.1) is 0 Å². The molecule has 0 unspecified atom stereocenters. The molecule has 4 N–H and O–H groups in total. The number of rotatable bonds is 22. The Hall–Kier alpha value is -5.22. The fraction of sp³-hybridized carbons (Fsp3) is 0.250. The van der Waals surface area contributed by atoms with Crippen molar-refractivity contribution in [2.24, 2.45) is 11.5 Å². The van der Waals surface area contributed by atoms with Gasteiger partial charge in [0.2, 0.25) is 0 Å². The van der Waals surface area contributed by atoms with Crippen LogP contribution >= 0.6 is 0 Å². The molecule has 0 saturated carbocycles. The quantitative estimate of drug-likeness (QED) is 0.0574. The van der Waals surface area contributed by atoms with Crippen molar-refractivity contribution in [3.63, 3.8) is 0 Å². The van der Waals surface area contributed by atoms with E-state index in [1.165, 1.54) is 12.2 Å². The summed E-state index contributed by atoms with van der Waals surface area (Å²) in [6.45, 7) is 3.33. The average molecular weight is 665 g/mol. The predicted octanol–water partition coefficient (Wildman–Crippen LogP) is 6.18. The second kappa shape index (κ2) is 20.9. The van der Waals surface area contributed by atoms with Gasteiger partial charge in [-0.25, -0.2) is 0 Å². The summed E-state index contributed by atoms with van der Waals surface area (Å²) in [6.07, 6.45) is 6.55. The molecule has 0 spiro atoms. The molecule has 0 radical (unpaired) electrons. The fourth-order valence-corrected chi connectivity index (χ4v) is 4.52. The first kappa shape index (κ1) is 36.6. The molecule has 256 valence electrons. The summed E-state index contributed by atoms with van der Waals surface area (Å²) >= 11 is 0. The Labute approximate surface area is 288 Å². The van der Waals surface area contributed by atoms with Gasteiger partial charge in [0.05, 0.1) is 26.2 Å². The van der Waals surface area contributed by atoms with Crippen molar-refractivity contribution in [2.45, 2.75) is 26.1 Å². The summed E-state index contributed by atoms with van der Waals surface area (Å²) in [5.74, 6) is 1.58. The highest BCUT2D eigenvalue weighted by atomic mass is 16.5. The summed E-state index contributed by atoms with van der Waals surface area (Å²) in [7, 11) is 0. The van der Waals surface area contributed by atoms with Crippen LogP contribution in [0.4, 0.5) is 0 Å². The Morgan fingerprint density at radius 3 is 1.53 bits per heavy atom. The normalized spacial score (nSPS) is 11.1. The Morgan fingerprint density at radius 2 is 1.04 bits per heavy atom. The number of benzene rings is 4. The van der Waals surface area contributed by atoms with Crippen molar-refractivity contribution in [1.29, 1.82) is 0 Å². The highest BCUT2D eigenvalue weighted by molar-refractivity contribution is 6.10. The van der Waals surface area contributed by atoms with Crippen molar-refractivity contribution in [2.75, 3.05) is 39.5 Å². The van der Waals surface area contributed by atoms with Crippen molar-refractivity contribution < 1.29 is 33.3 Å². The van der Waals surface area contributed by atoms with Gasteiger partial charge >= 0.3 is 0 Å². The van der Waals surface area contributed by atoms with Crippen LogP contribution in [0.1, 0.15) is 35.1 Å². The molecule has 0 aromatic heterocycles. The van der Waals surface area contributed by atoms with Crippen LogP contribution < -0.4 is 30.4 Å². The molecule has 0 heterocycles. The maximum atomic E-state index is 12.7. The Bertz CT molecular complexity index is 1660. The standard InChI is InChI=1S/C40H44N2O7/c41-20-7-22-46-37-18-14-31(26-39(37)48-29-33-8-3-1-4-9-33)12-16-35(43)28-36(44)17-13-32-15-19-38(47-25-24-45-23-21-42)40(27-32)49-30-34-10-5-2-6-11-34/h1-6,8-19,26-27H,7,20-25,28-30,41-42H2/b16-12+,17-13+. The van der Waals surface area contributed by atoms with E-state index in [9.17, 15) is 9.59 Å². The zero-order chi connectivity index (χ0) is 34.5. The lowest BCUT2D eigenvalue weighted by Gasteiger charge is -2.14. The average Bonchev–Trinajstić information content (AvgIpc) is 3.13. The van der Waals surface area contributed by atoms with E-state index in [1.807, 2.05) is 78.9 Å². The molecule has 4 rings (SSSR count). The van der Waals surface area contributed by atoms with Crippen molar-refractivity contribution in [3.8, 4) is 23.0 Å². The first-order valence-corrected chi connectivity index (χ1v) is 16.3. The minimum atomic E-state index is -0.325. The third kappa shape index (κ3) is 13.4. The van der Waals surface area contributed by atoms with Gasteiger partial charge in [-0.3, -0.25) is 9.59 Å². The van der Waals surface area contributed by atoms with Crippen LogP contribution in [0.25, 0.3) is 12.2 Å². The monoisotopic (exact) mass is 664 g/mol. The van der Waals surface area contributed by atoms with E-state index in [0.717, 1.165) is 22.3 Å². The van der Waals surface area contributed by atoms with Gasteiger partial charge in [0.15, 0.2) is 34.6 Å². The van der Waals surface area contributed by atoms with Gasteiger partial charge in [-0.2, -0.15) is 0 Å². The van der Waals surface area contributed by atoms with Gasteiger partial charge < -0.3 is 35.2 Å². The summed E-state index contributed by atoms with van der Waals surface area (Å²) in [5, 5.41) is 0. The zero-order valence-corrected chi connectivity index (χ0v) is 27.6. The third-order valence-electron chi connectivity index (χ3n) is 7.04. The zero-order valence-electron chi connectivity index (χ0n) is 27.6. The lowest BCUT2D eigenvalue weighted by Crippen LogP contribution is -2.13. The SMILES string of the molecule is NCCCOc1ccc(/C=C/C(=O)CC(=O)/C=C/c2ccc(OCCOCCN)c(OCc3ccccc3)c2)cc1OCc1ccccc1. The van der Waals surface area contributed by atoms with Crippen molar-refractivity contribution in [3.05, 3.63) is 131 Å². The molecule has 0 amide bonds. The van der Waals surface area contributed by atoms with E-state index in [1.54, 1.807) is 30.4 Å². The molecule has 0 aliphatic carbocycles. The molecular formula is C40H44N2O7. The van der Waals surface area contributed by atoms with Gasteiger partial charge in [-0.15, -0.1) is 0 Å². The van der Waals surface area contributed by atoms with Gasteiger partial charge in [0.1, 0.15) is 19.8 Å². The summed E-state index contributed by atoms with van der Waals surface area (Å²) in [5.41, 5.74) is 14.6. The second-order valence-corrected chi connectivity index (χ2v) is 11.0. The molecule has 49 heavy (non-hydrogen) atoms. The molecular weight excluding hydrogens is 620 g/mol. The van der Waals surface area contributed by atoms with Crippen LogP contribution in [0.5, 0.6) is 23.0 Å². The highest BCUT2D eigenvalue weighted by Gasteiger charge is 2.10. The Morgan fingerprint density at radius 1 is 0.531 bits per heavy atom. The number of carbonyl (C=O) groups is 2. The van der Waals surface area contributed by atoms with Crippen LogP contribution in [-0.4, -0.2) is 51.1 Å². The summed E-state index contributed by atoms with van der Waals surface area (Å²) in [6, 6.07) is 30.4. The number of nitrogens with two attached hydrogens (primary N) is 2. The minimum Gasteiger partial charge on any atom is -0.490 e. The van der Waals surface area contributed by atoms with Crippen LogP contribution in [0.2, 0.25) is 0 Å². The van der Waals surface area contributed by atoms with Crippen molar-refractivity contribution >= 4 is 23.7 Å². The van der Waals surface area contributed by atoms with E-state index in [4.69, 9.17) is 35.2 Å². The van der Waals surface area contributed by atoms with E-state index in [-0.39, 0.29) is 18.0 Å². The third-order valence-corrected chi connectivity index (χ3v) is 7.04. The number of ether oxygens (including phenoxy) is 5. The number of ketones is 2. The van der Waals surface area contributed by atoms with E-state index >= 15 is 0 Å². The molecule has 4 aromatic carbocycles. The predicted molar refractivity (Wildman–Crippen MR) is 192 cm³/mol. The number of hydrogen-bond donors (Lipinski definition) is 2. The molecule has 0 aliphatic rings. The van der Waals surface area contributed by atoms with E-state index < -0.39 is 0 Å². The number of allylic oxidation sites excluding steroid dienone is 2. The van der Waals surface area contributed by atoms with E-state index in [2.05, 4.69) is 0 Å². The lowest BCUT2D eigenvalue weighted by molar-refractivity contribution is -0.121. The molecule has 4 aromatic rings. The molecule has 9 nitrogen and oxygen atoms in total. The lowest BCUT2D eigenvalue weighted by atomic mass is 10.1. The molecule has 0 bridgehead atoms. The van der Waals surface area contributed by atoms with Gasteiger partial charge in [-0.1, -0.05) is 84.9 Å². The number of carbonyl (C=O) groups excluding carboxylic acids is 2. The largest absolute Gasteiger partial charge is 0.490 e. The summed E-state index contributed by atoms with van der Waals surface area (Å²) < 4.78 is 29.3. The highest BCUT2D eigenvalue weighted by Crippen LogP contribution is 2.31. The Balaban J connectivity index is 1.36. The fourth-order valence-electron chi connectivity index (χ4n) is 4.52. The second-order valence-electron chi connectivity index (χ2n) is 11.0. The first-order chi connectivity index (χ1) is 24.0. The topological polar surface area (TPSA) is 132 Å². The van der Waals surface area contributed by atoms with Crippen molar-refractivity contribution in [1.82, 2.24) is 0 Å². The van der Waals surface area contributed by atoms with Crippen LogP contribution in [0.15, 0.2) is 109 Å². The number of hydrogen-bond acceptors (Lipinski definition) is 9. The van der Waals surface area contributed by atoms with Gasteiger partial charge in [-0.05, 0) is 71.6 Å². The molecule has 9 heteroatoms. The van der Waals surface area contributed by atoms with E-state index in [0.29, 0.717) is 82.1 Å².